The Morgan fingerprint density at radius 3 is 2.18 bits per heavy atom. The van der Waals surface area contributed by atoms with Gasteiger partial charge in [0.15, 0.2) is 0 Å². The second-order valence-electron chi connectivity index (χ2n) is 7.05. The van der Waals surface area contributed by atoms with Gasteiger partial charge in [0, 0.05) is 35.6 Å². The number of carbonyl (C=O) groups is 3. The molecule has 2 atom stereocenters. The van der Waals surface area contributed by atoms with E-state index in [2.05, 4.69) is 10.6 Å². The van der Waals surface area contributed by atoms with Crippen molar-refractivity contribution < 1.29 is 19.5 Å². The second-order valence-corrected chi connectivity index (χ2v) is 7.05. The van der Waals surface area contributed by atoms with Crippen LogP contribution in [0.5, 0.6) is 0 Å². The lowest BCUT2D eigenvalue weighted by Crippen LogP contribution is -2.42. The Balaban J connectivity index is 1.57. The number of hydrogen-bond donors (Lipinski definition) is 2. The van der Waals surface area contributed by atoms with E-state index in [4.69, 9.17) is 0 Å². The molecule has 0 unspecified atom stereocenters. The molecule has 6 nitrogen and oxygen atoms in total. The van der Waals surface area contributed by atoms with Gasteiger partial charge in [-0.25, -0.2) is 0 Å². The van der Waals surface area contributed by atoms with Crippen molar-refractivity contribution in [3.8, 4) is 0 Å². The first kappa shape index (κ1) is 19.6. The molecule has 3 rings (SSSR count). The maximum absolute atomic E-state index is 12.5. The topological polar surface area (TPSA) is 98.3 Å². The number of benzene rings is 2. The molecule has 0 spiro atoms. The minimum absolute atomic E-state index is 0.203. The average Bonchev–Trinajstić information content (AvgIpc) is 2.73. The van der Waals surface area contributed by atoms with Crippen molar-refractivity contribution in [2.45, 2.75) is 32.2 Å². The number of carboxylic acid groups (broad SMARTS) is 1. The predicted molar refractivity (Wildman–Crippen MR) is 103 cm³/mol. The summed E-state index contributed by atoms with van der Waals surface area (Å²) in [6.45, 7) is 0.435. The second kappa shape index (κ2) is 9.17. The largest absolute Gasteiger partial charge is 0.550 e. The number of hydrogen-bond acceptors (Lipinski definition) is 4. The Bertz CT molecular complexity index is 833. The third-order valence-corrected chi connectivity index (χ3v) is 5.12. The van der Waals surface area contributed by atoms with Gasteiger partial charge in [-0.1, -0.05) is 43.2 Å². The van der Waals surface area contributed by atoms with E-state index in [1.807, 2.05) is 30.3 Å². The van der Waals surface area contributed by atoms with Crippen LogP contribution in [-0.2, 0) is 16.1 Å². The smallest absolute Gasteiger partial charge is 0.251 e. The van der Waals surface area contributed by atoms with Crippen molar-refractivity contribution in [3.05, 3.63) is 65.7 Å². The van der Waals surface area contributed by atoms with Crippen LogP contribution in [0.2, 0.25) is 0 Å². The molecule has 0 aromatic heterocycles. The molecule has 0 aliphatic heterocycles. The highest BCUT2D eigenvalue weighted by Gasteiger charge is 2.31. The Kier molecular flexibility index (Phi) is 6.42. The van der Waals surface area contributed by atoms with Crippen molar-refractivity contribution >= 4 is 23.5 Å². The number of amides is 2. The van der Waals surface area contributed by atoms with Gasteiger partial charge in [-0.15, -0.1) is 0 Å². The highest BCUT2D eigenvalue weighted by molar-refractivity contribution is 5.97. The number of carbonyl (C=O) groups excluding carboxylic acids is 3. The van der Waals surface area contributed by atoms with Gasteiger partial charge >= 0.3 is 0 Å². The fourth-order valence-corrected chi connectivity index (χ4v) is 3.55. The van der Waals surface area contributed by atoms with Crippen molar-refractivity contribution in [2.75, 3.05) is 5.32 Å². The molecular formula is C22H23N2O4-. The van der Waals surface area contributed by atoms with Crippen LogP contribution in [0.15, 0.2) is 54.6 Å². The monoisotopic (exact) mass is 379 g/mol. The third kappa shape index (κ3) is 4.97. The van der Waals surface area contributed by atoms with E-state index in [-0.39, 0.29) is 11.8 Å². The summed E-state index contributed by atoms with van der Waals surface area (Å²) in [5.41, 5.74) is 2.03. The fourth-order valence-electron chi connectivity index (χ4n) is 3.55. The van der Waals surface area contributed by atoms with Crippen LogP contribution in [0.4, 0.5) is 5.69 Å². The molecule has 2 aromatic rings. The summed E-state index contributed by atoms with van der Waals surface area (Å²) in [5.74, 6) is -2.99. The van der Waals surface area contributed by atoms with Crippen LogP contribution in [0.1, 0.15) is 41.6 Å². The Labute approximate surface area is 164 Å². The van der Waals surface area contributed by atoms with Crippen molar-refractivity contribution in [1.29, 1.82) is 0 Å². The number of nitrogens with one attached hydrogen (secondary N) is 2. The zero-order chi connectivity index (χ0) is 19.9. The van der Waals surface area contributed by atoms with Crippen LogP contribution in [0, 0.1) is 11.8 Å². The molecule has 2 N–H and O–H groups in total. The lowest BCUT2D eigenvalue weighted by molar-refractivity contribution is -0.313. The summed E-state index contributed by atoms with van der Waals surface area (Å²) >= 11 is 0. The van der Waals surface area contributed by atoms with Crippen LogP contribution >= 0.6 is 0 Å². The summed E-state index contributed by atoms with van der Waals surface area (Å²) in [6, 6.07) is 16.2. The molecule has 28 heavy (non-hydrogen) atoms. The highest BCUT2D eigenvalue weighted by atomic mass is 16.4. The Morgan fingerprint density at radius 1 is 0.893 bits per heavy atom. The first-order chi connectivity index (χ1) is 13.5. The van der Waals surface area contributed by atoms with E-state index in [9.17, 15) is 19.5 Å². The van der Waals surface area contributed by atoms with E-state index in [1.54, 1.807) is 24.3 Å². The van der Waals surface area contributed by atoms with Gasteiger partial charge in [-0.05, 0) is 42.7 Å². The van der Waals surface area contributed by atoms with Crippen molar-refractivity contribution in [3.63, 3.8) is 0 Å². The highest BCUT2D eigenvalue weighted by Crippen LogP contribution is 2.30. The fraction of sp³-hybridized carbons (Fsp3) is 0.318. The van der Waals surface area contributed by atoms with E-state index < -0.39 is 17.8 Å². The lowest BCUT2D eigenvalue weighted by Gasteiger charge is -2.31. The molecule has 6 heteroatoms. The molecule has 2 aromatic carbocycles. The third-order valence-electron chi connectivity index (χ3n) is 5.12. The van der Waals surface area contributed by atoms with Crippen LogP contribution in [-0.4, -0.2) is 17.8 Å². The van der Waals surface area contributed by atoms with E-state index in [0.717, 1.165) is 18.4 Å². The number of aliphatic carboxylic acids is 1. The summed E-state index contributed by atoms with van der Waals surface area (Å²) < 4.78 is 0. The van der Waals surface area contributed by atoms with Crippen LogP contribution < -0.4 is 15.7 Å². The van der Waals surface area contributed by atoms with Gasteiger partial charge in [0.05, 0.1) is 0 Å². The first-order valence-corrected chi connectivity index (χ1v) is 9.48. The van der Waals surface area contributed by atoms with Crippen LogP contribution in [0.3, 0.4) is 0 Å². The van der Waals surface area contributed by atoms with E-state index >= 15 is 0 Å². The number of carboxylic acids is 1. The maximum Gasteiger partial charge on any atom is 0.251 e. The zero-order valence-electron chi connectivity index (χ0n) is 15.5. The van der Waals surface area contributed by atoms with Gasteiger partial charge < -0.3 is 20.5 Å². The van der Waals surface area contributed by atoms with Crippen molar-refractivity contribution in [1.82, 2.24) is 5.32 Å². The molecular weight excluding hydrogens is 356 g/mol. The van der Waals surface area contributed by atoms with Gasteiger partial charge in [0.2, 0.25) is 5.91 Å². The maximum atomic E-state index is 12.5. The first-order valence-electron chi connectivity index (χ1n) is 9.48. The molecule has 0 bridgehead atoms. The Hall–Kier alpha value is -3.15. The van der Waals surface area contributed by atoms with E-state index in [1.165, 1.54) is 0 Å². The minimum atomic E-state index is -1.16. The summed E-state index contributed by atoms with van der Waals surface area (Å²) in [5, 5.41) is 16.9. The minimum Gasteiger partial charge on any atom is -0.550 e. The molecule has 1 fully saturated rings. The molecule has 146 valence electrons. The Morgan fingerprint density at radius 2 is 1.54 bits per heavy atom. The molecule has 1 saturated carbocycles. The van der Waals surface area contributed by atoms with Gasteiger partial charge in [-0.2, -0.15) is 0 Å². The van der Waals surface area contributed by atoms with Crippen molar-refractivity contribution in [2.24, 2.45) is 11.8 Å². The molecule has 1 aliphatic rings. The van der Waals surface area contributed by atoms with Gasteiger partial charge in [0.25, 0.3) is 5.91 Å². The van der Waals surface area contributed by atoms with E-state index in [0.29, 0.717) is 30.6 Å². The van der Waals surface area contributed by atoms with Crippen LogP contribution in [0.25, 0.3) is 0 Å². The molecule has 0 radical (unpaired) electrons. The van der Waals surface area contributed by atoms with Gasteiger partial charge in [-0.3, -0.25) is 9.59 Å². The summed E-state index contributed by atoms with van der Waals surface area (Å²) in [7, 11) is 0. The standard InChI is InChI=1S/C22H24N2O4/c25-20(23-14-15-6-2-1-3-7-15)16-10-12-17(13-11-16)24-21(26)18-8-4-5-9-19(18)22(27)28/h1-3,6-7,10-13,18-19H,4-5,8-9,14H2,(H,23,25)(H,24,26)(H,27,28)/p-1/t18-,19-/m1/s1. The quantitative estimate of drug-likeness (QED) is 0.803. The number of rotatable bonds is 6. The summed E-state index contributed by atoms with van der Waals surface area (Å²) in [4.78, 5) is 36.0. The lowest BCUT2D eigenvalue weighted by atomic mass is 9.78. The normalized spacial score (nSPS) is 18.9. The number of anilines is 1. The molecule has 1 aliphatic carbocycles. The average molecular weight is 379 g/mol. The molecule has 2 amide bonds. The zero-order valence-corrected chi connectivity index (χ0v) is 15.5. The molecule has 0 saturated heterocycles. The SMILES string of the molecule is O=C(NCc1ccccc1)c1ccc(NC(=O)[C@@H]2CCCC[C@H]2C(=O)[O-])cc1. The predicted octanol–water partition coefficient (Wildman–Crippen LogP) is 2.11. The summed E-state index contributed by atoms with van der Waals surface area (Å²) in [6.07, 6.45) is 2.66. The molecule has 0 heterocycles. The van der Waals surface area contributed by atoms with Gasteiger partial charge in [0.1, 0.15) is 0 Å².